The van der Waals surface area contributed by atoms with Gasteiger partial charge in [-0.2, -0.15) is 0 Å². The van der Waals surface area contributed by atoms with Crippen molar-refractivity contribution in [3.05, 3.63) is 38.8 Å². The van der Waals surface area contributed by atoms with E-state index >= 15 is 0 Å². The Hall–Kier alpha value is -0.610. The standard InChI is InChI=1S/C11H9Cl2NOS/c1-6-10(5-15)16-11(14-6)7-2-3-8(12)9(13)4-7/h2-4,15H,5H2,1H3. The van der Waals surface area contributed by atoms with Gasteiger partial charge in [0.25, 0.3) is 0 Å². The average molecular weight is 274 g/mol. The lowest BCUT2D eigenvalue weighted by Gasteiger charge is -1.98. The van der Waals surface area contributed by atoms with Crippen LogP contribution in [-0.4, -0.2) is 10.1 Å². The van der Waals surface area contributed by atoms with Gasteiger partial charge in [-0.25, -0.2) is 4.98 Å². The molecule has 0 radical (unpaired) electrons. The highest BCUT2D eigenvalue weighted by atomic mass is 35.5. The van der Waals surface area contributed by atoms with E-state index in [-0.39, 0.29) is 6.61 Å². The predicted molar refractivity (Wildman–Crippen MR) is 68.2 cm³/mol. The molecular formula is C11H9Cl2NOS. The maximum absolute atomic E-state index is 9.10. The number of aromatic nitrogens is 1. The lowest BCUT2D eigenvalue weighted by molar-refractivity contribution is 0.284. The van der Waals surface area contributed by atoms with E-state index in [1.54, 1.807) is 12.1 Å². The summed E-state index contributed by atoms with van der Waals surface area (Å²) in [5.41, 5.74) is 1.77. The second kappa shape index (κ2) is 4.72. The third kappa shape index (κ3) is 2.23. The van der Waals surface area contributed by atoms with E-state index in [4.69, 9.17) is 28.3 Å². The monoisotopic (exact) mass is 273 g/mol. The Balaban J connectivity index is 2.46. The minimum atomic E-state index is 0.0187. The van der Waals surface area contributed by atoms with Gasteiger partial charge in [-0.15, -0.1) is 11.3 Å². The van der Waals surface area contributed by atoms with E-state index in [1.165, 1.54) is 11.3 Å². The van der Waals surface area contributed by atoms with E-state index in [0.29, 0.717) is 10.0 Å². The van der Waals surface area contributed by atoms with Gasteiger partial charge in [-0.05, 0) is 19.1 Å². The summed E-state index contributed by atoms with van der Waals surface area (Å²) in [6.45, 7) is 1.90. The fourth-order valence-electron chi connectivity index (χ4n) is 1.33. The summed E-state index contributed by atoms with van der Waals surface area (Å²) in [5.74, 6) is 0. The van der Waals surface area contributed by atoms with Gasteiger partial charge in [-0.3, -0.25) is 0 Å². The zero-order valence-electron chi connectivity index (χ0n) is 8.50. The van der Waals surface area contributed by atoms with Crippen LogP contribution in [0, 0.1) is 6.92 Å². The van der Waals surface area contributed by atoms with Crippen LogP contribution in [0.25, 0.3) is 10.6 Å². The van der Waals surface area contributed by atoms with Gasteiger partial charge >= 0.3 is 0 Å². The van der Waals surface area contributed by atoms with Crippen LogP contribution in [0.4, 0.5) is 0 Å². The minimum Gasteiger partial charge on any atom is -0.391 e. The van der Waals surface area contributed by atoms with Crippen LogP contribution in [0.15, 0.2) is 18.2 Å². The van der Waals surface area contributed by atoms with E-state index in [2.05, 4.69) is 4.98 Å². The molecule has 2 nitrogen and oxygen atoms in total. The molecule has 16 heavy (non-hydrogen) atoms. The van der Waals surface area contributed by atoms with E-state index < -0.39 is 0 Å². The molecule has 0 bridgehead atoms. The van der Waals surface area contributed by atoms with Crippen molar-refractivity contribution >= 4 is 34.5 Å². The molecule has 0 saturated carbocycles. The molecule has 0 unspecified atom stereocenters. The van der Waals surface area contributed by atoms with Gasteiger partial charge in [0, 0.05) is 5.56 Å². The highest BCUT2D eigenvalue weighted by Gasteiger charge is 2.09. The fraction of sp³-hybridized carbons (Fsp3) is 0.182. The molecule has 5 heteroatoms. The fourth-order valence-corrected chi connectivity index (χ4v) is 2.54. The van der Waals surface area contributed by atoms with Crippen molar-refractivity contribution in [2.45, 2.75) is 13.5 Å². The molecule has 84 valence electrons. The number of aryl methyl sites for hydroxylation is 1. The summed E-state index contributed by atoms with van der Waals surface area (Å²) >= 11 is 13.2. The smallest absolute Gasteiger partial charge is 0.123 e. The third-order valence-electron chi connectivity index (χ3n) is 2.20. The zero-order valence-corrected chi connectivity index (χ0v) is 10.8. The maximum Gasteiger partial charge on any atom is 0.123 e. The minimum absolute atomic E-state index is 0.0187. The summed E-state index contributed by atoms with van der Waals surface area (Å²) in [7, 11) is 0. The normalized spacial score (nSPS) is 10.8. The van der Waals surface area contributed by atoms with Crippen LogP contribution in [0.1, 0.15) is 10.6 Å². The van der Waals surface area contributed by atoms with Crippen LogP contribution in [0.2, 0.25) is 10.0 Å². The number of benzene rings is 1. The van der Waals surface area contributed by atoms with Gasteiger partial charge < -0.3 is 5.11 Å². The van der Waals surface area contributed by atoms with Crippen molar-refractivity contribution in [1.82, 2.24) is 4.98 Å². The summed E-state index contributed by atoms with van der Waals surface area (Å²) in [5, 5.41) is 11.0. The molecule has 0 aliphatic heterocycles. The van der Waals surface area contributed by atoms with Crippen molar-refractivity contribution < 1.29 is 5.11 Å². The average Bonchev–Trinajstić information content (AvgIpc) is 2.64. The Kier molecular flexibility index (Phi) is 3.50. The Bertz CT molecular complexity index is 525. The van der Waals surface area contributed by atoms with E-state index in [9.17, 15) is 0 Å². The Morgan fingerprint density at radius 3 is 2.62 bits per heavy atom. The predicted octanol–water partition coefficient (Wildman–Crippen LogP) is 3.92. The SMILES string of the molecule is Cc1nc(-c2ccc(Cl)c(Cl)c2)sc1CO. The number of hydrogen-bond donors (Lipinski definition) is 1. The van der Waals surface area contributed by atoms with Crippen LogP contribution in [-0.2, 0) is 6.61 Å². The van der Waals surface area contributed by atoms with Crippen molar-refractivity contribution in [3.8, 4) is 10.6 Å². The molecule has 1 N–H and O–H groups in total. The van der Waals surface area contributed by atoms with Gasteiger partial charge in [0.05, 0.1) is 27.2 Å². The molecule has 1 aromatic heterocycles. The molecule has 0 atom stereocenters. The zero-order chi connectivity index (χ0) is 11.7. The highest BCUT2D eigenvalue weighted by molar-refractivity contribution is 7.15. The Morgan fingerprint density at radius 1 is 1.31 bits per heavy atom. The van der Waals surface area contributed by atoms with Crippen LogP contribution < -0.4 is 0 Å². The van der Waals surface area contributed by atoms with Crippen molar-refractivity contribution in [3.63, 3.8) is 0 Å². The summed E-state index contributed by atoms with van der Waals surface area (Å²) in [4.78, 5) is 5.26. The number of halogens is 2. The summed E-state index contributed by atoms with van der Waals surface area (Å²) in [6.07, 6.45) is 0. The molecule has 0 saturated heterocycles. The molecular weight excluding hydrogens is 265 g/mol. The first kappa shape index (κ1) is 11.9. The number of nitrogens with zero attached hydrogens (tertiary/aromatic N) is 1. The van der Waals surface area contributed by atoms with Crippen LogP contribution in [0.5, 0.6) is 0 Å². The quantitative estimate of drug-likeness (QED) is 0.900. The van der Waals surface area contributed by atoms with Crippen molar-refractivity contribution in [2.75, 3.05) is 0 Å². The maximum atomic E-state index is 9.10. The molecule has 0 aliphatic carbocycles. The first-order chi connectivity index (χ1) is 7.61. The lowest BCUT2D eigenvalue weighted by Crippen LogP contribution is -1.80. The molecule has 2 rings (SSSR count). The number of aliphatic hydroxyl groups is 1. The molecule has 0 fully saturated rings. The first-order valence-corrected chi connectivity index (χ1v) is 6.21. The number of rotatable bonds is 2. The highest BCUT2D eigenvalue weighted by Crippen LogP contribution is 2.32. The van der Waals surface area contributed by atoms with Gasteiger partial charge in [0.1, 0.15) is 5.01 Å². The summed E-state index contributed by atoms with van der Waals surface area (Å²) < 4.78 is 0. The summed E-state index contributed by atoms with van der Waals surface area (Å²) in [6, 6.07) is 5.39. The largest absolute Gasteiger partial charge is 0.391 e. The number of thiazole rings is 1. The molecule has 0 amide bonds. The molecule has 0 aliphatic rings. The Labute approximate surface area is 107 Å². The van der Waals surface area contributed by atoms with E-state index in [1.807, 2.05) is 13.0 Å². The number of hydrogen-bond acceptors (Lipinski definition) is 3. The third-order valence-corrected chi connectivity index (χ3v) is 4.13. The Morgan fingerprint density at radius 2 is 2.06 bits per heavy atom. The van der Waals surface area contributed by atoms with E-state index in [0.717, 1.165) is 21.1 Å². The molecule has 0 spiro atoms. The van der Waals surface area contributed by atoms with Gasteiger partial charge in [0.2, 0.25) is 0 Å². The lowest BCUT2D eigenvalue weighted by atomic mass is 10.2. The molecule has 1 heterocycles. The van der Waals surface area contributed by atoms with Gasteiger partial charge in [0.15, 0.2) is 0 Å². The topological polar surface area (TPSA) is 33.1 Å². The van der Waals surface area contributed by atoms with Crippen molar-refractivity contribution in [2.24, 2.45) is 0 Å². The second-order valence-electron chi connectivity index (χ2n) is 3.31. The van der Waals surface area contributed by atoms with Gasteiger partial charge in [-0.1, -0.05) is 29.3 Å². The molecule has 1 aromatic carbocycles. The van der Waals surface area contributed by atoms with Crippen molar-refractivity contribution in [1.29, 1.82) is 0 Å². The van der Waals surface area contributed by atoms with Crippen LogP contribution >= 0.6 is 34.5 Å². The molecule has 2 aromatic rings. The van der Waals surface area contributed by atoms with Crippen LogP contribution in [0.3, 0.4) is 0 Å². The number of aliphatic hydroxyl groups excluding tert-OH is 1. The first-order valence-electron chi connectivity index (χ1n) is 4.64. The second-order valence-corrected chi connectivity index (χ2v) is 5.21.